The molecule has 3 rings (SSSR count). The van der Waals surface area contributed by atoms with Gasteiger partial charge in [0, 0.05) is 12.3 Å². The highest BCUT2D eigenvalue weighted by molar-refractivity contribution is 6.18. The Hall–Kier alpha value is -0.890. The van der Waals surface area contributed by atoms with Crippen molar-refractivity contribution in [2.75, 3.05) is 19.1 Å². The minimum atomic E-state index is 0.307. The second kappa shape index (κ2) is 4.34. The molecule has 2 nitrogen and oxygen atoms in total. The standard InChI is InChI=1S/C15H19ClO2/c1-15(2)11(9-16)14(15)10-4-5-12-13(8-10)18-7-3-6-17-12/h4-5,8,11,14H,3,6-7,9H2,1-2H3. The molecule has 2 atom stereocenters. The first kappa shape index (κ1) is 12.2. The summed E-state index contributed by atoms with van der Waals surface area (Å²) in [5.74, 6) is 3.61. The Bertz CT molecular complexity index is 456. The van der Waals surface area contributed by atoms with Gasteiger partial charge in [0.2, 0.25) is 0 Å². The van der Waals surface area contributed by atoms with Crippen LogP contribution in [0.25, 0.3) is 0 Å². The third kappa shape index (κ3) is 1.87. The first-order valence-corrected chi connectivity index (χ1v) is 7.13. The van der Waals surface area contributed by atoms with Gasteiger partial charge in [-0.15, -0.1) is 11.6 Å². The van der Waals surface area contributed by atoms with Crippen molar-refractivity contribution in [2.45, 2.75) is 26.2 Å². The molecule has 0 saturated heterocycles. The van der Waals surface area contributed by atoms with Crippen molar-refractivity contribution >= 4 is 11.6 Å². The van der Waals surface area contributed by atoms with E-state index in [0.717, 1.165) is 37.0 Å². The number of fused-ring (bicyclic) bond motifs is 1. The summed E-state index contributed by atoms with van der Waals surface area (Å²) in [6.07, 6.45) is 0.948. The largest absolute Gasteiger partial charge is 0.490 e. The molecule has 0 bridgehead atoms. The van der Waals surface area contributed by atoms with E-state index in [1.165, 1.54) is 5.56 Å². The minimum absolute atomic E-state index is 0.307. The van der Waals surface area contributed by atoms with E-state index in [2.05, 4.69) is 26.0 Å². The molecule has 1 aromatic carbocycles. The number of hydrogen-bond donors (Lipinski definition) is 0. The van der Waals surface area contributed by atoms with Crippen LogP contribution in [0.15, 0.2) is 18.2 Å². The van der Waals surface area contributed by atoms with Crippen LogP contribution in [-0.4, -0.2) is 19.1 Å². The molecule has 1 fully saturated rings. The Morgan fingerprint density at radius 2 is 1.94 bits per heavy atom. The third-order valence-corrected chi connectivity index (χ3v) is 4.68. The van der Waals surface area contributed by atoms with Crippen molar-refractivity contribution < 1.29 is 9.47 Å². The molecule has 1 heterocycles. The van der Waals surface area contributed by atoms with E-state index in [1.54, 1.807) is 0 Å². The van der Waals surface area contributed by atoms with Gasteiger partial charge in [0.1, 0.15) is 0 Å². The number of ether oxygens (including phenoxy) is 2. The fraction of sp³-hybridized carbons (Fsp3) is 0.600. The van der Waals surface area contributed by atoms with Crippen LogP contribution in [0.2, 0.25) is 0 Å². The smallest absolute Gasteiger partial charge is 0.161 e. The zero-order valence-corrected chi connectivity index (χ0v) is 11.7. The van der Waals surface area contributed by atoms with E-state index in [9.17, 15) is 0 Å². The summed E-state index contributed by atoms with van der Waals surface area (Å²) in [6.45, 7) is 6.05. The van der Waals surface area contributed by atoms with E-state index in [4.69, 9.17) is 21.1 Å². The van der Waals surface area contributed by atoms with Crippen LogP contribution in [-0.2, 0) is 0 Å². The number of rotatable bonds is 2. The highest BCUT2D eigenvalue weighted by Crippen LogP contribution is 2.65. The van der Waals surface area contributed by atoms with Crippen molar-refractivity contribution in [1.29, 1.82) is 0 Å². The zero-order valence-electron chi connectivity index (χ0n) is 10.9. The Kier molecular flexibility index (Phi) is 2.93. The molecular formula is C15H19ClO2. The van der Waals surface area contributed by atoms with Gasteiger partial charge in [0.05, 0.1) is 13.2 Å². The van der Waals surface area contributed by atoms with Crippen LogP contribution in [0.3, 0.4) is 0 Å². The van der Waals surface area contributed by atoms with Crippen LogP contribution < -0.4 is 9.47 Å². The van der Waals surface area contributed by atoms with E-state index < -0.39 is 0 Å². The third-order valence-electron chi connectivity index (χ3n) is 4.35. The summed E-state index contributed by atoms with van der Waals surface area (Å²) in [5, 5.41) is 0. The monoisotopic (exact) mass is 266 g/mol. The molecular weight excluding hydrogens is 248 g/mol. The highest BCUT2D eigenvalue weighted by atomic mass is 35.5. The first-order chi connectivity index (χ1) is 8.64. The predicted octanol–water partition coefficient (Wildman–Crippen LogP) is 3.83. The summed E-state index contributed by atoms with van der Waals surface area (Å²) in [5.41, 5.74) is 1.64. The van der Waals surface area contributed by atoms with Crippen LogP contribution >= 0.6 is 11.6 Å². The summed E-state index contributed by atoms with van der Waals surface area (Å²) in [6, 6.07) is 6.34. The number of hydrogen-bond acceptors (Lipinski definition) is 2. The molecule has 1 aliphatic heterocycles. The average molecular weight is 267 g/mol. The molecule has 2 aliphatic rings. The van der Waals surface area contributed by atoms with Gasteiger partial charge in [-0.25, -0.2) is 0 Å². The fourth-order valence-corrected chi connectivity index (χ4v) is 3.64. The SMILES string of the molecule is CC1(C)C(CCl)C1c1ccc2c(c1)OCCCO2. The van der Waals surface area contributed by atoms with Gasteiger partial charge in [-0.1, -0.05) is 19.9 Å². The molecule has 0 radical (unpaired) electrons. The summed E-state index contributed by atoms with van der Waals surface area (Å²) in [7, 11) is 0. The molecule has 0 spiro atoms. The quantitative estimate of drug-likeness (QED) is 0.758. The summed E-state index contributed by atoms with van der Waals surface area (Å²) >= 11 is 6.04. The fourth-order valence-electron chi connectivity index (χ4n) is 3.07. The first-order valence-electron chi connectivity index (χ1n) is 6.60. The lowest BCUT2D eigenvalue weighted by Gasteiger charge is -2.10. The van der Waals surface area contributed by atoms with E-state index in [1.807, 2.05) is 6.07 Å². The topological polar surface area (TPSA) is 18.5 Å². The van der Waals surface area contributed by atoms with E-state index in [-0.39, 0.29) is 0 Å². The van der Waals surface area contributed by atoms with Crippen molar-refractivity contribution in [3.05, 3.63) is 23.8 Å². The van der Waals surface area contributed by atoms with E-state index >= 15 is 0 Å². The molecule has 2 unspecified atom stereocenters. The Labute approximate surface area is 113 Å². The maximum Gasteiger partial charge on any atom is 0.161 e. The van der Waals surface area contributed by atoms with Crippen LogP contribution in [0.5, 0.6) is 11.5 Å². The van der Waals surface area contributed by atoms with Crippen LogP contribution in [0.4, 0.5) is 0 Å². The van der Waals surface area contributed by atoms with Gasteiger partial charge < -0.3 is 9.47 Å². The second-order valence-electron chi connectivity index (χ2n) is 5.82. The zero-order chi connectivity index (χ0) is 12.8. The van der Waals surface area contributed by atoms with Crippen LogP contribution in [0, 0.1) is 11.3 Å². The minimum Gasteiger partial charge on any atom is -0.490 e. The number of alkyl halides is 1. The molecule has 3 heteroatoms. The highest BCUT2D eigenvalue weighted by Gasteiger charge is 2.57. The molecule has 0 aromatic heterocycles. The molecule has 0 N–H and O–H groups in total. The Balaban J connectivity index is 1.89. The number of benzene rings is 1. The summed E-state index contributed by atoms with van der Waals surface area (Å²) in [4.78, 5) is 0. The lowest BCUT2D eigenvalue weighted by atomic mass is 10.0. The second-order valence-corrected chi connectivity index (χ2v) is 6.13. The van der Waals surface area contributed by atoms with E-state index in [0.29, 0.717) is 17.3 Å². The number of halogens is 1. The summed E-state index contributed by atoms with van der Waals surface area (Å²) < 4.78 is 11.4. The van der Waals surface area contributed by atoms with Crippen molar-refractivity contribution in [2.24, 2.45) is 11.3 Å². The van der Waals surface area contributed by atoms with Gasteiger partial charge >= 0.3 is 0 Å². The predicted molar refractivity (Wildman–Crippen MR) is 72.8 cm³/mol. The molecule has 98 valence electrons. The maximum atomic E-state index is 6.04. The molecule has 1 aromatic rings. The van der Waals surface area contributed by atoms with Crippen molar-refractivity contribution in [3.8, 4) is 11.5 Å². The Morgan fingerprint density at radius 3 is 2.61 bits per heavy atom. The maximum absolute atomic E-state index is 6.04. The van der Waals surface area contributed by atoms with Gasteiger partial charge in [-0.3, -0.25) is 0 Å². The van der Waals surface area contributed by atoms with Gasteiger partial charge in [0.25, 0.3) is 0 Å². The lowest BCUT2D eigenvalue weighted by molar-refractivity contribution is 0.297. The molecule has 18 heavy (non-hydrogen) atoms. The van der Waals surface area contributed by atoms with Gasteiger partial charge in [-0.2, -0.15) is 0 Å². The molecule has 1 saturated carbocycles. The Morgan fingerprint density at radius 1 is 1.22 bits per heavy atom. The normalized spacial score (nSPS) is 28.6. The average Bonchev–Trinajstić information content (AvgIpc) is 2.99. The van der Waals surface area contributed by atoms with Gasteiger partial charge in [-0.05, 0) is 34.9 Å². The van der Waals surface area contributed by atoms with Gasteiger partial charge in [0.15, 0.2) is 11.5 Å². The van der Waals surface area contributed by atoms with Crippen molar-refractivity contribution in [3.63, 3.8) is 0 Å². The van der Waals surface area contributed by atoms with Crippen molar-refractivity contribution in [1.82, 2.24) is 0 Å². The van der Waals surface area contributed by atoms with Crippen LogP contribution in [0.1, 0.15) is 31.7 Å². The molecule has 1 aliphatic carbocycles. The molecule has 0 amide bonds. The lowest BCUT2D eigenvalue weighted by Crippen LogP contribution is -1.97.